The Labute approximate surface area is 138 Å². The second kappa shape index (κ2) is 7.13. The first kappa shape index (κ1) is 17.5. The molecule has 1 heterocycles. The highest BCUT2D eigenvalue weighted by atomic mass is 16.6. The third kappa shape index (κ3) is 5.06. The molecule has 5 heteroatoms. The van der Waals surface area contributed by atoms with Crippen molar-refractivity contribution in [1.82, 2.24) is 9.80 Å². The van der Waals surface area contributed by atoms with Crippen LogP contribution in [0.4, 0.5) is 4.79 Å². The molecular formula is C18H26N2O3. The minimum absolute atomic E-state index is 0.0780. The molecule has 0 aromatic heterocycles. The summed E-state index contributed by atoms with van der Waals surface area (Å²) in [5.41, 5.74) is 0.647. The summed E-state index contributed by atoms with van der Waals surface area (Å²) in [5.74, 6) is 0.0780. The van der Waals surface area contributed by atoms with Crippen LogP contribution in [-0.4, -0.2) is 53.0 Å². The van der Waals surface area contributed by atoms with Crippen LogP contribution in [0, 0.1) is 0 Å². The van der Waals surface area contributed by atoms with Crippen molar-refractivity contribution >= 4 is 11.9 Å². The highest BCUT2D eigenvalue weighted by Gasteiger charge is 2.34. The third-order valence-corrected chi connectivity index (χ3v) is 3.84. The molecule has 0 spiro atoms. The first-order chi connectivity index (χ1) is 10.8. The number of piperazine rings is 1. The SMILES string of the molecule is CC(=O)[C@H]1CN(C(=O)OC(C)(C)C)CCN1Cc1ccccc1. The van der Waals surface area contributed by atoms with E-state index in [-0.39, 0.29) is 17.9 Å². The van der Waals surface area contributed by atoms with Gasteiger partial charge in [-0.1, -0.05) is 30.3 Å². The van der Waals surface area contributed by atoms with E-state index in [1.165, 1.54) is 5.56 Å². The topological polar surface area (TPSA) is 49.9 Å². The first-order valence-corrected chi connectivity index (χ1v) is 8.02. The quantitative estimate of drug-likeness (QED) is 0.860. The van der Waals surface area contributed by atoms with Gasteiger partial charge < -0.3 is 9.64 Å². The lowest BCUT2D eigenvalue weighted by Crippen LogP contribution is -2.57. The number of ether oxygens (including phenoxy) is 1. The van der Waals surface area contributed by atoms with E-state index in [1.807, 2.05) is 39.0 Å². The number of ketones is 1. The standard InChI is InChI=1S/C18H26N2O3/c1-14(21)16-13-20(17(22)23-18(2,3)4)11-10-19(16)12-15-8-6-5-7-9-15/h5-9,16H,10-13H2,1-4H3/t16-/m1/s1. The van der Waals surface area contributed by atoms with Crippen molar-refractivity contribution in [2.75, 3.05) is 19.6 Å². The summed E-state index contributed by atoms with van der Waals surface area (Å²) in [6.45, 7) is 9.46. The highest BCUT2D eigenvalue weighted by Crippen LogP contribution is 2.17. The molecule has 0 radical (unpaired) electrons. The van der Waals surface area contributed by atoms with E-state index in [0.29, 0.717) is 26.2 Å². The van der Waals surface area contributed by atoms with Gasteiger partial charge in [-0.2, -0.15) is 0 Å². The number of carbonyl (C=O) groups excluding carboxylic acids is 2. The highest BCUT2D eigenvalue weighted by molar-refractivity contribution is 5.82. The lowest BCUT2D eigenvalue weighted by atomic mass is 10.1. The largest absolute Gasteiger partial charge is 0.444 e. The van der Waals surface area contributed by atoms with Gasteiger partial charge in [-0.3, -0.25) is 9.69 Å². The average molecular weight is 318 g/mol. The van der Waals surface area contributed by atoms with Gasteiger partial charge in [0.1, 0.15) is 11.4 Å². The molecule has 126 valence electrons. The number of amides is 1. The van der Waals surface area contributed by atoms with Gasteiger partial charge in [0.15, 0.2) is 0 Å². The Kier molecular flexibility index (Phi) is 5.42. The normalized spacial score (nSPS) is 19.5. The van der Waals surface area contributed by atoms with Crippen molar-refractivity contribution in [3.63, 3.8) is 0 Å². The molecule has 1 aliphatic rings. The number of nitrogens with zero attached hydrogens (tertiary/aromatic N) is 2. The fraction of sp³-hybridized carbons (Fsp3) is 0.556. The number of carbonyl (C=O) groups is 2. The summed E-state index contributed by atoms with van der Waals surface area (Å²) < 4.78 is 5.42. The Hall–Kier alpha value is -1.88. The first-order valence-electron chi connectivity index (χ1n) is 8.02. The Balaban J connectivity index is 2.03. The van der Waals surface area contributed by atoms with Crippen LogP contribution in [0.25, 0.3) is 0 Å². The smallest absolute Gasteiger partial charge is 0.410 e. The molecule has 0 aliphatic carbocycles. The number of Topliss-reactive ketones (excluding diaryl/α,β-unsaturated/α-hetero) is 1. The fourth-order valence-corrected chi connectivity index (χ4v) is 2.71. The second-order valence-corrected chi connectivity index (χ2v) is 7.01. The summed E-state index contributed by atoms with van der Waals surface area (Å²) >= 11 is 0. The zero-order valence-electron chi connectivity index (χ0n) is 14.4. The van der Waals surface area contributed by atoms with Gasteiger partial charge >= 0.3 is 6.09 Å². The predicted octanol–water partition coefficient (Wildman–Crippen LogP) is 2.70. The zero-order valence-corrected chi connectivity index (χ0v) is 14.4. The zero-order chi connectivity index (χ0) is 17.0. The van der Waals surface area contributed by atoms with Gasteiger partial charge in [-0.25, -0.2) is 4.79 Å². The van der Waals surface area contributed by atoms with Crippen LogP contribution in [0.1, 0.15) is 33.3 Å². The van der Waals surface area contributed by atoms with Gasteiger partial charge in [-0.15, -0.1) is 0 Å². The Morgan fingerprint density at radius 3 is 2.39 bits per heavy atom. The van der Waals surface area contributed by atoms with Crippen molar-refractivity contribution in [2.24, 2.45) is 0 Å². The third-order valence-electron chi connectivity index (χ3n) is 3.84. The van der Waals surface area contributed by atoms with E-state index in [2.05, 4.69) is 17.0 Å². The van der Waals surface area contributed by atoms with E-state index in [9.17, 15) is 9.59 Å². The number of hydrogen-bond acceptors (Lipinski definition) is 4. The molecule has 0 N–H and O–H groups in total. The van der Waals surface area contributed by atoms with Gasteiger partial charge in [0.2, 0.25) is 0 Å². The van der Waals surface area contributed by atoms with Gasteiger partial charge in [-0.05, 0) is 33.3 Å². The molecule has 1 aromatic rings. The Morgan fingerprint density at radius 1 is 1.17 bits per heavy atom. The summed E-state index contributed by atoms with van der Waals surface area (Å²) in [4.78, 5) is 28.0. The lowest BCUT2D eigenvalue weighted by molar-refractivity contribution is -0.124. The summed E-state index contributed by atoms with van der Waals surface area (Å²) in [6.07, 6.45) is -0.344. The number of rotatable bonds is 3. The molecule has 1 fully saturated rings. The Bertz CT molecular complexity index is 551. The van der Waals surface area contributed by atoms with Gasteiger partial charge in [0, 0.05) is 26.2 Å². The lowest BCUT2D eigenvalue weighted by Gasteiger charge is -2.40. The molecule has 0 bridgehead atoms. The van der Waals surface area contributed by atoms with Crippen molar-refractivity contribution in [3.05, 3.63) is 35.9 Å². The molecule has 0 unspecified atom stereocenters. The molecule has 1 atom stereocenters. The van der Waals surface area contributed by atoms with E-state index in [1.54, 1.807) is 11.8 Å². The summed E-state index contributed by atoms with van der Waals surface area (Å²) in [5, 5.41) is 0. The molecule has 1 aromatic carbocycles. The van der Waals surface area contributed by atoms with Crippen LogP contribution in [-0.2, 0) is 16.1 Å². The van der Waals surface area contributed by atoms with Crippen LogP contribution in [0.2, 0.25) is 0 Å². The second-order valence-electron chi connectivity index (χ2n) is 7.01. The molecular weight excluding hydrogens is 292 g/mol. The molecule has 1 saturated heterocycles. The van der Waals surface area contributed by atoms with E-state index < -0.39 is 5.60 Å². The minimum Gasteiger partial charge on any atom is -0.444 e. The number of benzene rings is 1. The van der Waals surface area contributed by atoms with E-state index in [4.69, 9.17) is 4.74 Å². The molecule has 5 nitrogen and oxygen atoms in total. The van der Waals surface area contributed by atoms with Gasteiger partial charge in [0.05, 0.1) is 6.04 Å². The maximum atomic E-state index is 12.2. The van der Waals surface area contributed by atoms with E-state index >= 15 is 0 Å². The molecule has 0 saturated carbocycles. The summed E-state index contributed by atoms with van der Waals surface area (Å²) in [7, 11) is 0. The van der Waals surface area contributed by atoms with Crippen LogP contribution in [0.3, 0.4) is 0 Å². The van der Waals surface area contributed by atoms with Gasteiger partial charge in [0.25, 0.3) is 0 Å². The average Bonchev–Trinajstić information content (AvgIpc) is 2.46. The van der Waals surface area contributed by atoms with E-state index in [0.717, 1.165) is 0 Å². The monoisotopic (exact) mass is 318 g/mol. The molecule has 23 heavy (non-hydrogen) atoms. The Morgan fingerprint density at radius 2 is 1.83 bits per heavy atom. The maximum Gasteiger partial charge on any atom is 0.410 e. The molecule has 2 rings (SSSR count). The van der Waals surface area contributed by atoms with Crippen LogP contribution < -0.4 is 0 Å². The van der Waals surface area contributed by atoms with Crippen LogP contribution >= 0.6 is 0 Å². The molecule has 1 aliphatic heterocycles. The fourth-order valence-electron chi connectivity index (χ4n) is 2.71. The van der Waals surface area contributed by atoms with Crippen LogP contribution in [0.5, 0.6) is 0 Å². The van der Waals surface area contributed by atoms with Crippen LogP contribution in [0.15, 0.2) is 30.3 Å². The summed E-state index contributed by atoms with van der Waals surface area (Å²) in [6, 6.07) is 9.79. The van der Waals surface area contributed by atoms with Crippen molar-refractivity contribution in [1.29, 1.82) is 0 Å². The van der Waals surface area contributed by atoms with Crippen molar-refractivity contribution in [2.45, 2.75) is 45.9 Å². The van der Waals surface area contributed by atoms with Crippen molar-refractivity contribution in [3.8, 4) is 0 Å². The molecule has 1 amide bonds. The van der Waals surface area contributed by atoms with Crippen molar-refractivity contribution < 1.29 is 14.3 Å². The minimum atomic E-state index is -0.524. The predicted molar refractivity (Wildman–Crippen MR) is 89.1 cm³/mol. The maximum absolute atomic E-state index is 12.2. The number of hydrogen-bond donors (Lipinski definition) is 0.